The quantitative estimate of drug-likeness (QED) is 0.857. The second kappa shape index (κ2) is 5.13. The van der Waals surface area contributed by atoms with E-state index in [9.17, 15) is 8.42 Å². The van der Waals surface area contributed by atoms with Crippen LogP contribution in [-0.2, 0) is 10.2 Å². The number of fused-ring (bicyclic) bond motifs is 1. The molecule has 7 heteroatoms. The molecule has 1 unspecified atom stereocenters. The number of nitrogens with two attached hydrogens (primary N) is 1. The number of rotatable bonds is 4. The summed E-state index contributed by atoms with van der Waals surface area (Å²) in [6.07, 6.45) is -0.349. The maximum absolute atomic E-state index is 11.3. The van der Waals surface area contributed by atoms with Crippen LogP contribution >= 0.6 is 0 Å². The molecule has 1 heterocycles. The Labute approximate surface area is 106 Å². The fraction of sp³-hybridized carbons (Fsp3) is 0.455. The molecule has 2 N–H and O–H groups in total. The van der Waals surface area contributed by atoms with Gasteiger partial charge in [-0.2, -0.15) is 12.7 Å². The Morgan fingerprint density at radius 1 is 1.39 bits per heavy atom. The lowest BCUT2D eigenvalue weighted by atomic mass is 10.2. The van der Waals surface area contributed by atoms with Gasteiger partial charge < -0.3 is 9.47 Å². The van der Waals surface area contributed by atoms with E-state index in [1.807, 2.05) is 18.2 Å². The van der Waals surface area contributed by atoms with Crippen LogP contribution in [0.3, 0.4) is 0 Å². The molecule has 0 amide bonds. The van der Waals surface area contributed by atoms with Crippen LogP contribution in [0, 0.1) is 0 Å². The fourth-order valence-corrected chi connectivity index (χ4v) is 2.53. The van der Waals surface area contributed by atoms with Crippen LogP contribution < -0.4 is 14.6 Å². The first-order valence-corrected chi connectivity index (χ1v) is 7.17. The van der Waals surface area contributed by atoms with Crippen molar-refractivity contribution in [2.45, 2.75) is 13.0 Å². The highest BCUT2D eigenvalue weighted by Gasteiger charge is 2.26. The summed E-state index contributed by atoms with van der Waals surface area (Å²) in [6, 6.07) is 7.28. The zero-order valence-corrected chi connectivity index (χ0v) is 10.9. The molecule has 6 nitrogen and oxygen atoms in total. The van der Waals surface area contributed by atoms with E-state index < -0.39 is 10.2 Å². The van der Waals surface area contributed by atoms with Gasteiger partial charge in [0.1, 0.15) is 12.7 Å². The van der Waals surface area contributed by atoms with Crippen LogP contribution in [0.2, 0.25) is 0 Å². The van der Waals surface area contributed by atoms with E-state index in [0.29, 0.717) is 24.7 Å². The summed E-state index contributed by atoms with van der Waals surface area (Å²) in [6.45, 7) is 2.52. The highest BCUT2D eigenvalue weighted by atomic mass is 32.2. The Morgan fingerprint density at radius 3 is 2.67 bits per heavy atom. The third-order valence-corrected chi connectivity index (χ3v) is 3.81. The van der Waals surface area contributed by atoms with Crippen molar-refractivity contribution in [3.05, 3.63) is 24.3 Å². The maximum atomic E-state index is 11.3. The van der Waals surface area contributed by atoms with Crippen molar-refractivity contribution in [1.29, 1.82) is 0 Å². The zero-order valence-electron chi connectivity index (χ0n) is 10.1. The molecule has 0 aliphatic carbocycles. The number of ether oxygens (including phenoxy) is 2. The van der Waals surface area contributed by atoms with Crippen molar-refractivity contribution in [2.75, 3.05) is 19.7 Å². The van der Waals surface area contributed by atoms with Gasteiger partial charge in [0, 0.05) is 6.54 Å². The molecule has 0 radical (unpaired) electrons. The predicted molar refractivity (Wildman–Crippen MR) is 66.7 cm³/mol. The number of hydrogen-bond acceptors (Lipinski definition) is 4. The molecule has 18 heavy (non-hydrogen) atoms. The molecule has 0 saturated heterocycles. The molecule has 1 aromatic carbocycles. The van der Waals surface area contributed by atoms with Crippen LogP contribution in [-0.4, -0.2) is 38.5 Å². The van der Waals surface area contributed by atoms with Crippen molar-refractivity contribution in [1.82, 2.24) is 4.31 Å². The smallest absolute Gasteiger partial charge is 0.277 e. The lowest BCUT2D eigenvalue weighted by molar-refractivity contribution is 0.0771. The Hall–Kier alpha value is -1.31. The zero-order chi connectivity index (χ0) is 13.2. The van der Waals surface area contributed by atoms with Gasteiger partial charge in [0.15, 0.2) is 11.5 Å². The highest BCUT2D eigenvalue weighted by Crippen LogP contribution is 2.31. The molecular weight excluding hydrogens is 256 g/mol. The lowest BCUT2D eigenvalue weighted by Crippen LogP contribution is -2.45. The standard InChI is InChI=1S/C11H16N2O4S/c1-2-13(18(12,14)15)7-9-8-16-10-5-3-4-6-11(10)17-9/h3-6,9H,2,7-8H2,1H3,(H2,12,14,15). The third kappa shape index (κ3) is 2.92. The first-order chi connectivity index (χ1) is 8.50. The summed E-state index contributed by atoms with van der Waals surface area (Å²) in [5.41, 5.74) is 0. The van der Waals surface area contributed by atoms with E-state index >= 15 is 0 Å². The van der Waals surface area contributed by atoms with E-state index in [2.05, 4.69) is 0 Å². The van der Waals surface area contributed by atoms with Crippen molar-refractivity contribution >= 4 is 10.2 Å². The van der Waals surface area contributed by atoms with Gasteiger partial charge in [-0.15, -0.1) is 0 Å². The fourth-order valence-electron chi connectivity index (χ4n) is 1.79. The molecule has 0 aromatic heterocycles. The summed E-state index contributed by atoms with van der Waals surface area (Å²) in [5.74, 6) is 1.30. The van der Waals surface area contributed by atoms with Crippen LogP contribution in [0.15, 0.2) is 24.3 Å². The topological polar surface area (TPSA) is 81.9 Å². The van der Waals surface area contributed by atoms with E-state index in [1.54, 1.807) is 13.0 Å². The molecule has 1 atom stereocenters. The first kappa shape index (κ1) is 13.1. The number of para-hydroxylation sites is 2. The summed E-state index contributed by atoms with van der Waals surface area (Å²) in [4.78, 5) is 0. The summed E-state index contributed by atoms with van der Waals surface area (Å²) >= 11 is 0. The van der Waals surface area contributed by atoms with E-state index in [-0.39, 0.29) is 12.6 Å². The van der Waals surface area contributed by atoms with Gasteiger partial charge in [-0.05, 0) is 12.1 Å². The summed E-state index contributed by atoms with van der Waals surface area (Å²) in [5, 5.41) is 5.10. The van der Waals surface area contributed by atoms with Gasteiger partial charge in [0.05, 0.1) is 6.54 Å². The van der Waals surface area contributed by atoms with E-state index in [1.165, 1.54) is 0 Å². The van der Waals surface area contributed by atoms with Crippen molar-refractivity contribution in [3.63, 3.8) is 0 Å². The minimum atomic E-state index is -3.69. The molecule has 1 aliphatic rings. The van der Waals surface area contributed by atoms with Gasteiger partial charge in [-0.25, -0.2) is 5.14 Å². The Morgan fingerprint density at radius 2 is 2.06 bits per heavy atom. The second-order valence-electron chi connectivity index (χ2n) is 3.99. The van der Waals surface area contributed by atoms with Gasteiger partial charge in [-0.1, -0.05) is 19.1 Å². The minimum Gasteiger partial charge on any atom is -0.486 e. The van der Waals surface area contributed by atoms with E-state index in [0.717, 1.165) is 4.31 Å². The molecule has 0 fully saturated rings. The van der Waals surface area contributed by atoms with Crippen molar-refractivity contribution < 1.29 is 17.9 Å². The molecule has 1 aromatic rings. The number of hydrogen-bond donors (Lipinski definition) is 1. The average Bonchev–Trinajstić information content (AvgIpc) is 2.34. The number of benzene rings is 1. The van der Waals surface area contributed by atoms with Gasteiger partial charge in [-0.3, -0.25) is 0 Å². The Balaban J connectivity index is 2.06. The maximum Gasteiger partial charge on any atom is 0.277 e. The summed E-state index contributed by atoms with van der Waals surface area (Å²) < 4.78 is 34.9. The van der Waals surface area contributed by atoms with Crippen LogP contribution in [0.4, 0.5) is 0 Å². The average molecular weight is 272 g/mol. The molecule has 2 rings (SSSR count). The number of nitrogens with zero attached hydrogens (tertiary/aromatic N) is 1. The monoisotopic (exact) mass is 272 g/mol. The predicted octanol–water partition coefficient (Wildman–Crippen LogP) is 0.352. The van der Waals surface area contributed by atoms with Gasteiger partial charge in [0.2, 0.25) is 0 Å². The SMILES string of the molecule is CCN(CC1COc2ccccc2O1)S(N)(=O)=O. The molecule has 100 valence electrons. The van der Waals surface area contributed by atoms with Crippen LogP contribution in [0.25, 0.3) is 0 Å². The normalized spacial score (nSPS) is 18.9. The summed E-state index contributed by atoms with van der Waals surface area (Å²) in [7, 11) is -3.69. The first-order valence-electron chi connectivity index (χ1n) is 5.67. The number of likely N-dealkylation sites (N-methyl/N-ethyl adjacent to an activating group) is 1. The largest absolute Gasteiger partial charge is 0.486 e. The molecule has 1 aliphatic heterocycles. The molecule has 0 saturated carbocycles. The Bertz CT molecular complexity index is 518. The second-order valence-corrected chi connectivity index (χ2v) is 5.54. The van der Waals surface area contributed by atoms with E-state index in [4.69, 9.17) is 14.6 Å². The third-order valence-electron chi connectivity index (χ3n) is 2.69. The van der Waals surface area contributed by atoms with Crippen LogP contribution in [0.1, 0.15) is 6.92 Å². The van der Waals surface area contributed by atoms with Crippen LogP contribution in [0.5, 0.6) is 11.5 Å². The van der Waals surface area contributed by atoms with Gasteiger partial charge >= 0.3 is 0 Å². The van der Waals surface area contributed by atoms with Gasteiger partial charge in [0.25, 0.3) is 10.2 Å². The molecular formula is C11H16N2O4S. The highest BCUT2D eigenvalue weighted by molar-refractivity contribution is 7.86. The van der Waals surface area contributed by atoms with Crippen molar-refractivity contribution in [3.8, 4) is 11.5 Å². The molecule has 0 spiro atoms. The van der Waals surface area contributed by atoms with Crippen molar-refractivity contribution in [2.24, 2.45) is 5.14 Å². The Kier molecular flexibility index (Phi) is 3.74. The lowest BCUT2D eigenvalue weighted by Gasteiger charge is -2.29. The molecule has 0 bridgehead atoms. The minimum absolute atomic E-state index is 0.184.